The van der Waals surface area contributed by atoms with Crippen LogP contribution in [0.1, 0.15) is 50.0 Å². The van der Waals surface area contributed by atoms with Gasteiger partial charge < -0.3 is 9.47 Å². The predicted octanol–water partition coefficient (Wildman–Crippen LogP) is 4.60. The molecule has 2 heterocycles. The molecule has 2 fully saturated rings. The second kappa shape index (κ2) is 8.55. The largest absolute Gasteiger partial charge is 0.378 e. The Labute approximate surface area is 163 Å². The first kappa shape index (κ1) is 20.1. The van der Waals surface area contributed by atoms with Crippen molar-refractivity contribution < 1.29 is 9.47 Å². The van der Waals surface area contributed by atoms with Gasteiger partial charge in [0.15, 0.2) is 0 Å². The summed E-state index contributed by atoms with van der Waals surface area (Å²) in [7, 11) is -2.42. The minimum atomic E-state index is -1.31. The van der Waals surface area contributed by atoms with Crippen LogP contribution in [-0.2, 0) is 9.47 Å². The topological polar surface area (TPSA) is 18.5 Å². The standard InChI is InChI=1S/C22H35O2Si2/c1-5-26(4)22(16-10-12-18-24-22)20(19-13-7-6-8-14-19)21(25(2)3)15-9-11-17-23-21/h5,7-8,13-14,20,25-26H,1,9-12,15-18H2,2-4H3. The van der Waals surface area contributed by atoms with Crippen molar-refractivity contribution in [2.24, 2.45) is 0 Å². The third-order valence-corrected chi connectivity index (χ3v) is 12.6. The van der Waals surface area contributed by atoms with E-state index in [0.29, 0.717) is 5.92 Å². The van der Waals surface area contributed by atoms with Crippen molar-refractivity contribution in [2.45, 2.75) is 74.5 Å². The third kappa shape index (κ3) is 3.53. The van der Waals surface area contributed by atoms with Crippen molar-refractivity contribution in [3.63, 3.8) is 0 Å². The van der Waals surface area contributed by atoms with Crippen molar-refractivity contribution in [1.82, 2.24) is 0 Å². The number of hydrogen-bond acceptors (Lipinski definition) is 2. The second-order valence-electron chi connectivity index (χ2n) is 8.47. The van der Waals surface area contributed by atoms with Gasteiger partial charge in [-0.1, -0.05) is 43.9 Å². The van der Waals surface area contributed by atoms with Gasteiger partial charge in [0, 0.05) is 19.1 Å². The molecule has 0 bridgehead atoms. The Morgan fingerprint density at radius 3 is 2.04 bits per heavy atom. The molecule has 2 saturated heterocycles. The van der Waals surface area contributed by atoms with E-state index in [-0.39, 0.29) is 10.4 Å². The van der Waals surface area contributed by atoms with Crippen LogP contribution in [0.4, 0.5) is 0 Å². The second-order valence-corrected chi connectivity index (χ2v) is 14.8. The maximum Gasteiger partial charge on any atom is 0.0961 e. The summed E-state index contributed by atoms with van der Waals surface area (Å²) in [5.41, 5.74) is 3.64. The van der Waals surface area contributed by atoms with Gasteiger partial charge >= 0.3 is 0 Å². The summed E-state index contributed by atoms with van der Waals surface area (Å²) >= 11 is 0. The van der Waals surface area contributed by atoms with Gasteiger partial charge in [0.1, 0.15) is 0 Å². The van der Waals surface area contributed by atoms with Crippen molar-refractivity contribution in [1.29, 1.82) is 0 Å². The minimum absolute atomic E-state index is 0.0127. The molecule has 1 aromatic carbocycles. The van der Waals surface area contributed by atoms with Gasteiger partial charge in [-0.2, -0.15) is 0 Å². The minimum Gasteiger partial charge on any atom is -0.378 e. The molecule has 143 valence electrons. The lowest BCUT2D eigenvalue weighted by Crippen LogP contribution is -2.64. The highest BCUT2D eigenvalue weighted by atomic mass is 28.3. The molecule has 2 aliphatic rings. The van der Waals surface area contributed by atoms with E-state index in [0.717, 1.165) is 19.6 Å². The van der Waals surface area contributed by atoms with Crippen molar-refractivity contribution in [3.05, 3.63) is 48.2 Å². The molecule has 26 heavy (non-hydrogen) atoms. The van der Waals surface area contributed by atoms with E-state index >= 15 is 0 Å². The fraction of sp³-hybridized carbons (Fsp3) is 0.636. The number of ether oxygens (including phenoxy) is 2. The van der Waals surface area contributed by atoms with E-state index in [2.05, 4.69) is 62.3 Å². The van der Waals surface area contributed by atoms with Crippen LogP contribution in [0.15, 0.2) is 36.5 Å². The predicted molar refractivity (Wildman–Crippen MR) is 115 cm³/mol. The van der Waals surface area contributed by atoms with Gasteiger partial charge in [-0.05, 0) is 50.2 Å². The Bertz CT molecular complexity index is 575. The van der Waals surface area contributed by atoms with Crippen LogP contribution in [0.25, 0.3) is 0 Å². The smallest absolute Gasteiger partial charge is 0.0961 e. The van der Waals surface area contributed by atoms with Crippen molar-refractivity contribution in [3.8, 4) is 0 Å². The Kier molecular flexibility index (Phi) is 6.60. The lowest BCUT2D eigenvalue weighted by molar-refractivity contribution is -0.115. The first-order chi connectivity index (χ1) is 12.6. The van der Waals surface area contributed by atoms with Crippen LogP contribution in [0.3, 0.4) is 0 Å². The fourth-order valence-electron chi connectivity index (χ4n) is 5.31. The molecule has 4 unspecified atom stereocenters. The number of rotatable bonds is 6. The van der Waals surface area contributed by atoms with Crippen LogP contribution >= 0.6 is 0 Å². The average Bonchev–Trinajstić information content (AvgIpc) is 2.69. The van der Waals surface area contributed by atoms with E-state index in [1.54, 1.807) is 0 Å². The molecule has 4 atom stereocenters. The molecule has 2 aliphatic heterocycles. The average molecular weight is 388 g/mol. The van der Waals surface area contributed by atoms with Gasteiger partial charge in [-0.3, -0.25) is 0 Å². The van der Waals surface area contributed by atoms with Gasteiger partial charge in [0.25, 0.3) is 0 Å². The number of benzene rings is 1. The molecule has 0 amide bonds. The van der Waals surface area contributed by atoms with Crippen LogP contribution in [0.5, 0.6) is 0 Å². The lowest BCUT2D eigenvalue weighted by Gasteiger charge is -2.56. The van der Waals surface area contributed by atoms with E-state index < -0.39 is 17.6 Å². The maximum atomic E-state index is 6.79. The molecule has 0 spiro atoms. The van der Waals surface area contributed by atoms with Crippen LogP contribution < -0.4 is 0 Å². The fourth-order valence-corrected chi connectivity index (χ4v) is 10.3. The van der Waals surface area contributed by atoms with E-state index in [4.69, 9.17) is 9.47 Å². The Morgan fingerprint density at radius 2 is 1.58 bits per heavy atom. The Morgan fingerprint density at radius 1 is 1.00 bits per heavy atom. The summed E-state index contributed by atoms with van der Waals surface area (Å²) in [5.74, 6) is 0.330. The highest BCUT2D eigenvalue weighted by molar-refractivity contribution is 6.67. The molecule has 1 radical (unpaired) electrons. The summed E-state index contributed by atoms with van der Waals surface area (Å²) in [6, 6.07) is 11.9. The van der Waals surface area contributed by atoms with Crippen molar-refractivity contribution >= 4 is 17.6 Å². The normalized spacial score (nSPS) is 32.2. The molecule has 0 N–H and O–H groups in total. The van der Waals surface area contributed by atoms with E-state index in [1.165, 1.54) is 37.7 Å². The van der Waals surface area contributed by atoms with Crippen LogP contribution in [-0.4, -0.2) is 41.3 Å². The van der Waals surface area contributed by atoms with E-state index in [1.807, 2.05) is 0 Å². The van der Waals surface area contributed by atoms with Gasteiger partial charge in [-0.25, -0.2) is 0 Å². The molecular weight excluding hydrogens is 352 g/mol. The third-order valence-electron chi connectivity index (χ3n) is 6.82. The summed E-state index contributed by atoms with van der Waals surface area (Å²) < 4.78 is 13.6. The summed E-state index contributed by atoms with van der Waals surface area (Å²) in [6.07, 6.45) is 7.26. The van der Waals surface area contributed by atoms with Crippen LogP contribution in [0, 0.1) is 6.07 Å². The Hall–Kier alpha value is -0.686. The van der Waals surface area contributed by atoms with Crippen molar-refractivity contribution in [2.75, 3.05) is 13.2 Å². The first-order valence-corrected chi connectivity index (χ1v) is 15.7. The molecule has 0 aliphatic carbocycles. The number of hydrogen-bond donors (Lipinski definition) is 0. The molecular formula is C22H35O2Si2. The maximum absolute atomic E-state index is 6.79. The summed E-state index contributed by atoms with van der Waals surface area (Å²) in [5, 5.41) is -0.0861. The molecule has 0 saturated carbocycles. The van der Waals surface area contributed by atoms with E-state index in [9.17, 15) is 0 Å². The zero-order valence-corrected chi connectivity index (χ0v) is 19.1. The van der Waals surface area contributed by atoms with Crippen LogP contribution in [0.2, 0.25) is 19.6 Å². The first-order valence-electron chi connectivity index (χ1n) is 10.4. The van der Waals surface area contributed by atoms with Gasteiger partial charge in [0.05, 0.1) is 28.0 Å². The molecule has 0 aromatic heterocycles. The zero-order valence-electron chi connectivity index (χ0n) is 16.8. The molecule has 4 heteroatoms. The highest BCUT2D eigenvalue weighted by Crippen LogP contribution is 2.51. The monoisotopic (exact) mass is 387 g/mol. The summed E-state index contributed by atoms with van der Waals surface area (Å²) in [6.45, 7) is 13.4. The quantitative estimate of drug-likeness (QED) is 0.664. The SMILES string of the molecule is C=C[SiH](C)C1(C(c2cc[c]cc2)C2([SiH](C)C)CCCCO2)CCCCO1. The Balaban J connectivity index is 2.17. The summed E-state index contributed by atoms with van der Waals surface area (Å²) in [4.78, 5) is 0. The lowest BCUT2D eigenvalue weighted by atomic mass is 9.80. The van der Waals surface area contributed by atoms with Gasteiger partial charge in [0.2, 0.25) is 0 Å². The molecule has 1 aromatic rings. The molecule has 3 rings (SSSR count). The molecule has 2 nitrogen and oxygen atoms in total. The van der Waals surface area contributed by atoms with Gasteiger partial charge in [-0.15, -0.1) is 12.3 Å². The highest BCUT2D eigenvalue weighted by Gasteiger charge is 2.57. The zero-order chi connectivity index (χ0) is 18.6.